The summed E-state index contributed by atoms with van der Waals surface area (Å²) in [5.74, 6) is 0.0624. The molecule has 0 radical (unpaired) electrons. The van der Waals surface area contributed by atoms with Crippen LogP contribution < -0.4 is 5.32 Å². The second-order valence-corrected chi connectivity index (χ2v) is 4.50. The highest BCUT2D eigenvalue weighted by molar-refractivity contribution is 5.89. The van der Waals surface area contributed by atoms with Crippen LogP contribution in [0.15, 0.2) is 47.5 Å². The summed E-state index contributed by atoms with van der Waals surface area (Å²) in [6, 6.07) is 12.6. The van der Waals surface area contributed by atoms with Gasteiger partial charge in [0.2, 0.25) is 5.91 Å². The summed E-state index contributed by atoms with van der Waals surface area (Å²) < 4.78 is 0. The number of phenols is 1. The first-order valence-electron chi connectivity index (χ1n) is 6.26. The van der Waals surface area contributed by atoms with E-state index >= 15 is 0 Å². The van der Waals surface area contributed by atoms with Gasteiger partial charge in [0.05, 0.1) is 0 Å². The fraction of sp³-hybridized carbons (Fsp3) is 0.125. The number of nitrogens with one attached hydrogen (secondary N) is 1. The van der Waals surface area contributed by atoms with Gasteiger partial charge in [-0.05, 0) is 36.2 Å². The Morgan fingerprint density at radius 3 is 2.50 bits per heavy atom. The first-order chi connectivity index (χ1) is 9.56. The number of phenolic OH excluding ortho intramolecular Hbond substituents is 1. The number of nitrogens with zero attached hydrogens (tertiary/aromatic N) is 1. The molecular weight excluding hydrogens is 252 g/mol. The maximum Gasteiger partial charge on any atom is 0.221 e. The van der Waals surface area contributed by atoms with E-state index in [0.29, 0.717) is 5.69 Å². The average Bonchev–Trinajstić information content (AvgIpc) is 2.39. The third kappa shape index (κ3) is 3.45. The summed E-state index contributed by atoms with van der Waals surface area (Å²) in [5, 5.41) is 12.5. The summed E-state index contributed by atoms with van der Waals surface area (Å²) in [5.41, 5.74) is 3.12. The van der Waals surface area contributed by atoms with Crippen LogP contribution in [0, 0.1) is 6.92 Å². The molecule has 0 heterocycles. The van der Waals surface area contributed by atoms with Gasteiger partial charge in [0.25, 0.3) is 0 Å². The van der Waals surface area contributed by atoms with Crippen molar-refractivity contribution >= 4 is 23.5 Å². The van der Waals surface area contributed by atoms with Crippen molar-refractivity contribution in [1.82, 2.24) is 0 Å². The minimum absolute atomic E-state index is 0.101. The lowest BCUT2D eigenvalue weighted by molar-refractivity contribution is -0.114. The minimum atomic E-state index is -0.101. The fourth-order valence-electron chi connectivity index (χ4n) is 1.81. The first-order valence-corrected chi connectivity index (χ1v) is 6.26. The number of aromatic hydroxyl groups is 1. The standard InChI is InChI=1S/C16H16N2O2/c1-11-4-3-5-15(20)16(11)17-10-13-6-8-14(9-7-13)18-12(2)19/h3-10,20H,1-2H3,(H,18,19). The van der Waals surface area contributed by atoms with E-state index < -0.39 is 0 Å². The second kappa shape index (κ2) is 6.02. The molecule has 2 rings (SSSR count). The Kier molecular flexibility index (Phi) is 4.15. The number of para-hydroxylation sites is 1. The number of benzene rings is 2. The predicted octanol–water partition coefficient (Wildman–Crippen LogP) is 3.41. The number of hydrogen-bond donors (Lipinski definition) is 2. The van der Waals surface area contributed by atoms with E-state index in [1.54, 1.807) is 30.5 Å². The van der Waals surface area contributed by atoms with Crippen molar-refractivity contribution < 1.29 is 9.90 Å². The highest BCUT2D eigenvalue weighted by atomic mass is 16.3. The second-order valence-electron chi connectivity index (χ2n) is 4.50. The number of anilines is 1. The van der Waals surface area contributed by atoms with Crippen LogP contribution in [0.25, 0.3) is 0 Å². The van der Waals surface area contributed by atoms with Gasteiger partial charge in [-0.2, -0.15) is 0 Å². The quantitative estimate of drug-likeness (QED) is 0.838. The Balaban J connectivity index is 2.17. The predicted molar refractivity (Wildman–Crippen MR) is 80.8 cm³/mol. The zero-order valence-electron chi connectivity index (χ0n) is 11.4. The Morgan fingerprint density at radius 2 is 1.90 bits per heavy atom. The van der Waals surface area contributed by atoms with Crippen molar-refractivity contribution in [3.63, 3.8) is 0 Å². The molecule has 0 aliphatic heterocycles. The average molecular weight is 268 g/mol. The van der Waals surface area contributed by atoms with Gasteiger partial charge in [-0.3, -0.25) is 9.79 Å². The van der Waals surface area contributed by atoms with Gasteiger partial charge >= 0.3 is 0 Å². The van der Waals surface area contributed by atoms with Crippen LogP contribution in [0.5, 0.6) is 5.75 Å². The lowest BCUT2D eigenvalue weighted by Crippen LogP contribution is -2.05. The lowest BCUT2D eigenvalue weighted by Gasteiger charge is -2.03. The van der Waals surface area contributed by atoms with E-state index in [1.165, 1.54) is 6.92 Å². The van der Waals surface area contributed by atoms with Crippen LogP contribution in [0.4, 0.5) is 11.4 Å². The third-order valence-corrected chi connectivity index (χ3v) is 2.79. The van der Waals surface area contributed by atoms with E-state index in [-0.39, 0.29) is 11.7 Å². The van der Waals surface area contributed by atoms with Crippen LogP contribution in [0.3, 0.4) is 0 Å². The molecular formula is C16H16N2O2. The summed E-state index contributed by atoms with van der Waals surface area (Å²) >= 11 is 0. The number of aliphatic imine (C=N–C) groups is 1. The molecule has 2 aromatic rings. The van der Waals surface area contributed by atoms with E-state index in [0.717, 1.165) is 16.8 Å². The number of amides is 1. The van der Waals surface area contributed by atoms with Crippen LogP contribution in [0.1, 0.15) is 18.1 Å². The summed E-state index contributed by atoms with van der Waals surface area (Å²) in [6.07, 6.45) is 1.68. The molecule has 4 nitrogen and oxygen atoms in total. The van der Waals surface area contributed by atoms with Crippen molar-refractivity contribution in [2.24, 2.45) is 4.99 Å². The van der Waals surface area contributed by atoms with E-state index in [9.17, 15) is 9.90 Å². The van der Waals surface area contributed by atoms with E-state index in [4.69, 9.17) is 0 Å². The van der Waals surface area contributed by atoms with Gasteiger partial charge in [0.15, 0.2) is 0 Å². The van der Waals surface area contributed by atoms with Gasteiger partial charge in [-0.15, -0.1) is 0 Å². The monoisotopic (exact) mass is 268 g/mol. The highest BCUT2D eigenvalue weighted by Crippen LogP contribution is 2.29. The molecule has 0 spiro atoms. The zero-order valence-corrected chi connectivity index (χ0v) is 11.4. The van der Waals surface area contributed by atoms with Gasteiger partial charge in [-0.1, -0.05) is 24.3 Å². The summed E-state index contributed by atoms with van der Waals surface area (Å²) in [7, 11) is 0. The molecule has 102 valence electrons. The molecule has 0 aromatic heterocycles. The Hall–Kier alpha value is -2.62. The van der Waals surface area contributed by atoms with Crippen molar-refractivity contribution in [2.45, 2.75) is 13.8 Å². The van der Waals surface area contributed by atoms with Crippen LogP contribution in [-0.2, 0) is 4.79 Å². The third-order valence-electron chi connectivity index (χ3n) is 2.79. The molecule has 0 atom stereocenters. The number of hydrogen-bond acceptors (Lipinski definition) is 3. The topological polar surface area (TPSA) is 61.7 Å². The zero-order chi connectivity index (χ0) is 14.5. The van der Waals surface area contributed by atoms with Gasteiger partial charge in [0, 0.05) is 18.8 Å². The molecule has 20 heavy (non-hydrogen) atoms. The molecule has 0 saturated carbocycles. The molecule has 2 aromatic carbocycles. The largest absolute Gasteiger partial charge is 0.506 e. The molecule has 0 aliphatic carbocycles. The molecule has 4 heteroatoms. The summed E-state index contributed by atoms with van der Waals surface area (Å²) in [4.78, 5) is 15.2. The maximum absolute atomic E-state index is 10.9. The van der Waals surface area contributed by atoms with Crippen molar-refractivity contribution in [1.29, 1.82) is 0 Å². The Morgan fingerprint density at radius 1 is 1.20 bits per heavy atom. The minimum Gasteiger partial charge on any atom is -0.506 e. The summed E-state index contributed by atoms with van der Waals surface area (Å²) in [6.45, 7) is 3.36. The molecule has 1 amide bonds. The van der Waals surface area contributed by atoms with Crippen molar-refractivity contribution in [2.75, 3.05) is 5.32 Å². The first kappa shape index (κ1) is 13.8. The van der Waals surface area contributed by atoms with Crippen molar-refractivity contribution in [3.05, 3.63) is 53.6 Å². The van der Waals surface area contributed by atoms with Gasteiger partial charge < -0.3 is 10.4 Å². The van der Waals surface area contributed by atoms with Gasteiger partial charge in [-0.25, -0.2) is 0 Å². The number of carbonyl (C=O) groups excluding carboxylic acids is 1. The number of carbonyl (C=O) groups is 1. The fourth-order valence-corrected chi connectivity index (χ4v) is 1.81. The molecule has 0 bridgehead atoms. The van der Waals surface area contributed by atoms with Crippen molar-refractivity contribution in [3.8, 4) is 5.75 Å². The van der Waals surface area contributed by atoms with E-state index in [1.807, 2.05) is 25.1 Å². The lowest BCUT2D eigenvalue weighted by atomic mass is 10.2. The molecule has 2 N–H and O–H groups in total. The maximum atomic E-state index is 10.9. The van der Waals surface area contributed by atoms with Crippen LogP contribution in [-0.4, -0.2) is 17.2 Å². The Bertz CT molecular complexity index is 626. The molecule has 0 saturated heterocycles. The molecule has 0 unspecified atom stereocenters. The normalized spacial score (nSPS) is 10.7. The number of rotatable bonds is 3. The van der Waals surface area contributed by atoms with Gasteiger partial charge in [0.1, 0.15) is 11.4 Å². The molecule has 0 fully saturated rings. The smallest absolute Gasteiger partial charge is 0.221 e. The van der Waals surface area contributed by atoms with E-state index in [2.05, 4.69) is 10.3 Å². The Labute approximate surface area is 117 Å². The highest BCUT2D eigenvalue weighted by Gasteiger charge is 2.01. The molecule has 0 aliphatic rings. The van der Waals surface area contributed by atoms with Crippen LogP contribution >= 0.6 is 0 Å². The van der Waals surface area contributed by atoms with Crippen LogP contribution in [0.2, 0.25) is 0 Å². The number of aryl methyl sites for hydroxylation is 1. The SMILES string of the molecule is CC(=O)Nc1ccc(C=Nc2c(C)cccc2O)cc1.